The summed E-state index contributed by atoms with van der Waals surface area (Å²) >= 11 is 5.71. The molecule has 2 aromatic carbocycles. The van der Waals surface area contributed by atoms with Crippen molar-refractivity contribution in [2.75, 3.05) is 0 Å². The maximum Gasteiger partial charge on any atom is 0.168 e. The van der Waals surface area contributed by atoms with Gasteiger partial charge in [-0.1, -0.05) is 12.1 Å². The van der Waals surface area contributed by atoms with Crippen LogP contribution < -0.4 is 4.74 Å². The van der Waals surface area contributed by atoms with Crippen molar-refractivity contribution in [2.24, 2.45) is 0 Å². The first-order valence-electron chi connectivity index (χ1n) is 5.38. The molecule has 0 amide bonds. The highest BCUT2D eigenvalue weighted by molar-refractivity contribution is 6.17. The van der Waals surface area contributed by atoms with E-state index < -0.39 is 11.6 Å². The highest BCUT2D eigenvalue weighted by Crippen LogP contribution is 2.28. The average molecular weight is 269 g/mol. The molecule has 4 heteroatoms. The molecule has 0 aliphatic heterocycles. The average Bonchev–Trinajstić information content (AvgIpc) is 2.34. The van der Waals surface area contributed by atoms with Gasteiger partial charge in [0.05, 0.1) is 0 Å². The number of hydrogen-bond donors (Lipinski definition) is 0. The van der Waals surface area contributed by atoms with Gasteiger partial charge in [-0.2, -0.15) is 0 Å². The van der Waals surface area contributed by atoms with Gasteiger partial charge in [-0.25, -0.2) is 8.78 Å². The standard InChI is InChI=1S/C14H11ClF2O/c1-9-6-10(8-15)2-4-13(9)18-14-5-3-11(16)7-12(14)17/h2-7H,8H2,1H3. The van der Waals surface area contributed by atoms with E-state index in [2.05, 4.69) is 0 Å². The molecule has 0 fully saturated rings. The zero-order chi connectivity index (χ0) is 13.1. The van der Waals surface area contributed by atoms with Crippen LogP contribution in [0.2, 0.25) is 0 Å². The quantitative estimate of drug-likeness (QED) is 0.726. The molecular formula is C14H11ClF2O. The molecular weight excluding hydrogens is 258 g/mol. The van der Waals surface area contributed by atoms with Crippen molar-refractivity contribution in [3.8, 4) is 11.5 Å². The number of alkyl halides is 1. The zero-order valence-corrected chi connectivity index (χ0v) is 10.5. The van der Waals surface area contributed by atoms with Gasteiger partial charge in [0.1, 0.15) is 11.6 Å². The lowest BCUT2D eigenvalue weighted by atomic mass is 10.1. The van der Waals surface area contributed by atoms with Crippen molar-refractivity contribution < 1.29 is 13.5 Å². The normalized spacial score (nSPS) is 10.4. The van der Waals surface area contributed by atoms with Gasteiger partial charge in [0.15, 0.2) is 11.6 Å². The highest BCUT2D eigenvalue weighted by atomic mass is 35.5. The molecule has 2 aromatic rings. The van der Waals surface area contributed by atoms with E-state index in [-0.39, 0.29) is 5.75 Å². The Labute approximate surface area is 109 Å². The number of halogens is 3. The molecule has 0 saturated heterocycles. The smallest absolute Gasteiger partial charge is 0.168 e. The Morgan fingerprint density at radius 1 is 1.06 bits per heavy atom. The zero-order valence-electron chi connectivity index (χ0n) is 9.71. The van der Waals surface area contributed by atoms with E-state index in [9.17, 15) is 8.78 Å². The minimum atomic E-state index is -0.726. The van der Waals surface area contributed by atoms with Gasteiger partial charge in [-0.05, 0) is 36.2 Å². The molecule has 0 unspecified atom stereocenters. The monoisotopic (exact) mass is 268 g/mol. The lowest BCUT2D eigenvalue weighted by Crippen LogP contribution is -1.92. The number of ether oxygens (including phenoxy) is 1. The molecule has 0 N–H and O–H groups in total. The third-order valence-corrected chi connectivity index (χ3v) is 2.82. The fourth-order valence-electron chi connectivity index (χ4n) is 1.59. The number of benzene rings is 2. The molecule has 0 aliphatic carbocycles. The molecule has 0 atom stereocenters. The highest BCUT2D eigenvalue weighted by Gasteiger charge is 2.08. The summed E-state index contributed by atoms with van der Waals surface area (Å²) in [5.74, 6) is -0.427. The van der Waals surface area contributed by atoms with E-state index in [1.807, 2.05) is 13.0 Å². The Hall–Kier alpha value is -1.61. The van der Waals surface area contributed by atoms with Crippen LogP contribution in [0.15, 0.2) is 36.4 Å². The minimum Gasteiger partial charge on any atom is -0.454 e. The molecule has 0 bridgehead atoms. The summed E-state index contributed by atoms with van der Waals surface area (Å²) in [5.41, 5.74) is 1.80. The van der Waals surface area contributed by atoms with Gasteiger partial charge in [0, 0.05) is 11.9 Å². The van der Waals surface area contributed by atoms with Crippen LogP contribution >= 0.6 is 11.6 Å². The first-order chi connectivity index (χ1) is 8.60. The van der Waals surface area contributed by atoms with E-state index >= 15 is 0 Å². The summed E-state index contributed by atoms with van der Waals surface area (Å²) in [5, 5.41) is 0. The summed E-state index contributed by atoms with van der Waals surface area (Å²) in [7, 11) is 0. The van der Waals surface area contributed by atoms with Gasteiger partial charge < -0.3 is 4.74 Å². The number of aryl methyl sites for hydroxylation is 1. The summed E-state index contributed by atoms with van der Waals surface area (Å²) in [4.78, 5) is 0. The summed E-state index contributed by atoms with van der Waals surface area (Å²) in [6, 6.07) is 8.59. The molecule has 1 nitrogen and oxygen atoms in total. The Morgan fingerprint density at radius 2 is 1.78 bits per heavy atom. The Kier molecular flexibility index (Phi) is 3.82. The first kappa shape index (κ1) is 12.8. The molecule has 0 aliphatic rings. The van der Waals surface area contributed by atoms with Gasteiger partial charge in [-0.15, -0.1) is 11.6 Å². The van der Waals surface area contributed by atoms with Crippen molar-refractivity contribution >= 4 is 11.6 Å². The third-order valence-electron chi connectivity index (χ3n) is 2.51. The van der Waals surface area contributed by atoms with Crippen molar-refractivity contribution in [1.82, 2.24) is 0 Å². The van der Waals surface area contributed by atoms with Crippen LogP contribution in [0.5, 0.6) is 11.5 Å². The number of rotatable bonds is 3. The van der Waals surface area contributed by atoms with Crippen LogP contribution in [0.25, 0.3) is 0 Å². The molecule has 2 rings (SSSR count). The lowest BCUT2D eigenvalue weighted by molar-refractivity contribution is 0.435. The molecule has 18 heavy (non-hydrogen) atoms. The maximum atomic E-state index is 13.4. The largest absolute Gasteiger partial charge is 0.454 e. The fourth-order valence-corrected chi connectivity index (χ4v) is 1.75. The number of hydrogen-bond acceptors (Lipinski definition) is 1. The van der Waals surface area contributed by atoms with Crippen LogP contribution in [0.1, 0.15) is 11.1 Å². The molecule has 0 aromatic heterocycles. The van der Waals surface area contributed by atoms with Gasteiger partial charge in [0.2, 0.25) is 0 Å². The van der Waals surface area contributed by atoms with Crippen LogP contribution in [-0.2, 0) is 5.88 Å². The van der Waals surface area contributed by atoms with Crippen molar-refractivity contribution in [3.63, 3.8) is 0 Å². The second-order valence-corrected chi connectivity index (χ2v) is 4.18. The fraction of sp³-hybridized carbons (Fsp3) is 0.143. The lowest BCUT2D eigenvalue weighted by Gasteiger charge is -2.10. The molecule has 0 radical (unpaired) electrons. The predicted octanol–water partition coefficient (Wildman–Crippen LogP) is 4.80. The SMILES string of the molecule is Cc1cc(CCl)ccc1Oc1ccc(F)cc1F. The summed E-state index contributed by atoms with van der Waals surface area (Å²) in [6.45, 7) is 1.84. The Bertz CT molecular complexity index is 570. The molecule has 94 valence electrons. The second-order valence-electron chi connectivity index (χ2n) is 3.91. The van der Waals surface area contributed by atoms with Crippen LogP contribution in [-0.4, -0.2) is 0 Å². The molecule has 0 saturated carbocycles. The third kappa shape index (κ3) is 2.79. The van der Waals surface area contributed by atoms with Gasteiger partial charge in [-0.3, -0.25) is 0 Å². The van der Waals surface area contributed by atoms with Gasteiger partial charge in [0.25, 0.3) is 0 Å². The minimum absolute atomic E-state index is 0.00174. The topological polar surface area (TPSA) is 9.23 Å². The van der Waals surface area contributed by atoms with E-state index in [0.717, 1.165) is 23.3 Å². The van der Waals surface area contributed by atoms with E-state index in [1.165, 1.54) is 6.07 Å². The van der Waals surface area contributed by atoms with Crippen LogP contribution in [0.3, 0.4) is 0 Å². The first-order valence-corrected chi connectivity index (χ1v) is 5.92. The van der Waals surface area contributed by atoms with E-state index in [1.54, 1.807) is 12.1 Å². The van der Waals surface area contributed by atoms with Crippen molar-refractivity contribution in [3.05, 3.63) is 59.2 Å². The van der Waals surface area contributed by atoms with Gasteiger partial charge >= 0.3 is 0 Å². The van der Waals surface area contributed by atoms with E-state index in [4.69, 9.17) is 16.3 Å². The van der Waals surface area contributed by atoms with E-state index in [0.29, 0.717) is 11.6 Å². The maximum absolute atomic E-state index is 13.4. The second kappa shape index (κ2) is 5.36. The summed E-state index contributed by atoms with van der Waals surface area (Å²) < 4.78 is 31.6. The predicted molar refractivity (Wildman–Crippen MR) is 67.2 cm³/mol. The van der Waals surface area contributed by atoms with Crippen molar-refractivity contribution in [2.45, 2.75) is 12.8 Å². The van der Waals surface area contributed by atoms with Crippen LogP contribution in [0.4, 0.5) is 8.78 Å². The van der Waals surface area contributed by atoms with Crippen molar-refractivity contribution in [1.29, 1.82) is 0 Å². The molecule has 0 heterocycles. The molecule has 0 spiro atoms. The van der Waals surface area contributed by atoms with Crippen LogP contribution in [0, 0.1) is 18.6 Å². The Balaban J connectivity index is 2.28. The summed E-state index contributed by atoms with van der Waals surface area (Å²) in [6.07, 6.45) is 0. The Morgan fingerprint density at radius 3 is 2.39 bits per heavy atom.